The lowest BCUT2D eigenvalue weighted by molar-refractivity contribution is 0.471. The molecule has 2 aliphatic rings. The lowest BCUT2D eigenvalue weighted by Crippen LogP contribution is -2.32. The molecule has 3 heterocycles. The van der Waals surface area contributed by atoms with Gasteiger partial charge >= 0.3 is 0 Å². The number of ether oxygens (including phenoxy) is 1. The van der Waals surface area contributed by atoms with E-state index in [0.29, 0.717) is 21.9 Å². The zero-order valence-electron chi connectivity index (χ0n) is 24.3. The van der Waals surface area contributed by atoms with E-state index >= 15 is 0 Å². The Labute approximate surface area is 254 Å². The molecule has 0 saturated carbocycles. The van der Waals surface area contributed by atoms with E-state index in [9.17, 15) is 4.79 Å². The van der Waals surface area contributed by atoms with Gasteiger partial charge in [0.2, 0.25) is 5.43 Å². The maximum absolute atomic E-state index is 13.3. The van der Waals surface area contributed by atoms with Gasteiger partial charge in [-0.3, -0.25) is 4.79 Å². The van der Waals surface area contributed by atoms with Crippen molar-refractivity contribution in [2.24, 2.45) is 0 Å². The van der Waals surface area contributed by atoms with Gasteiger partial charge in [0.15, 0.2) is 11.5 Å². The molecule has 6 aromatic carbocycles. The summed E-state index contributed by atoms with van der Waals surface area (Å²) < 4.78 is 12.5. The first-order chi connectivity index (χ1) is 21.5. The molecule has 0 amide bonds. The largest absolute Gasteiger partial charge is 0.456 e. The van der Waals surface area contributed by atoms with Gasteiger partial charge in [-0.25, -0.2) is 0 Å². The van der Waals surface area contributed by atoms with Gasteiger partial charge in [-0.15, -0.1) is 0 Å². The Kier molecular flexibility index (Phi) is 5.07. The van der Waals surface area contributed by atoms with Crippen LogP contribution >= 0.6 is 0 Å². The fourth-order valence-corrected chi connectivity index (χ4v) is 6.99. The van der Waals surface area contributed by atoms with Crippen LogP contribution in [0, 0.1) is 0 Å². The minimum Gasteiger partial charge on any atom is -0.456 e. The summed E-state index contributed by atoms with van der Waals surface area (Å²) in [6.45, 7) is 4.58. The van der Waals surface area contributed by atoms with Crippen LogP contribution in [-0.2, 0) is 5.41 Å². The number of rotatable bonds is 2. The van der Waals surface area contributed by atoms with Crippen molar-refractivity contribution in [3.05, 3.63) is 149 Å². The molecule has 210 valence electrons. The Bertz CT molecular complexity index is 2380. The Hall–Kier alpha value is -5.61. The summed E-state index contributed by atoms with van der Waals surface area (Å²) in [4.78, 5) is 15.7. The van der Waals surface area contributed by atoms with Crippen LogP contribution < -0.4 is 15.1 Å². The van der Waals surface area contributed by atoms with Gasteiger partial charge in [-0.05, 0) is 88.0 Å². The van der Waals surface area contributed by atoms with Crippen LogP contribution in [0.5, 0.6) is 11.5 Å². The molecule has 0 radical (unpaired) electrons. The van der Waals surface area contributed by atoms with Crippen molar-refractivity contribution in [1.82, 2.24) is 0 Å². The highest BCUT2D eigenvalue weighted by atomic mass is 16.5. The second-order valence-electron chi connectivity index (χ2n) is 12.1. The van der Waals surface area contributed by atoms with Gasteiger partial charge in [0.05, 0.1) is 27.8 Å². The Morgan fingerprint density at radius 1 is 0.545 bits per heavy atom. The first-order valence-corrected chi connectivity index (χ1v) is 14.9. The van der Waals surface area contributed by atoms with Crippen LogP contribution in [0.25, 0.3) is 44.2 Å². The summed E-state index contributed by atoms with van der Waals surface area (Å²) in [5, 5.41) is 1.18. The molecule has 1 aromatic heterocycles. The van der Waals surface area contributed by atoms with Crippen LogP contribution in [0.4, 0.5) is 17.1 Å². The minimum absolute atomic E-state index is 0.0115. The van der Waals surface area contributed by atoms with Crippen molar-refractivity contribution in [1.29, 1.82) is 0 Å². The molecule has 9 rings (SSSR count). The summed E-state index contributed by atoms with van der Waals surface area (Å²) in [6.07, 6.45) is 0. The monoisotopic (exact) mass is 569 g/mol. The molecule has 0 aliphatic carbocycles. The molecule has 0 saturated heterocycles. The maximum Gasteiger partial charge on any atom is 0.200 e. The topological polar surface area (TPSA) is 42.7 Å². The molecule has 2 aliphatic heterocycles. The van der Waals surface area contributed by atoms with E-state index in [1.54, 1.807) is 0 Å². The quantitative estimate of drug-likeness (QED) is 0.194. The van der Waals surface area contributed by atoms with Gasteiger partial charge in [0, 0.05) is 5.41 Å². The van der Waals surface area contributed by atoms with Crippen molar-refractivity contribution < 1.29 is 9.15 Å². The average Bonchev–Trinajstić information content (AvgIpc) is 3.06. The van der Waals surface area contributed by atoms with E-state index in [1.165, 1.54) is 11.1 Å². The van der Waals surface area contributed by atoms with Gasteiger partial charge in [-0.1, -0.05) is 86.6 Å². The van der Waals surface area contributed by atoms with Crippen molar-refractivity contribution in [3.8, 4) is 33.8 Å². The third-order valence-corrected chi connectivity index (χ3v) is 9.24. The smallest absolute Gasteiger partial charge is 0.200 e. The number of hydrogen-bond donors (Lipinski definition) is 0. The second kappa shape index (κ2) is 8.95. The highest BCUT2D eigenvalue weighted by Gasteiger charge is 2.41. The van der Waals surface area contributed by atoms with E-state index in [2.05, 4.69) is 91.5 Å². The van der Waals surface area contributed by atoms with Crippen LogP contribution in [0.3, 0.4) is 0 Å². The molecular formula is C40H27NO3. The third-order valence-electron chi connectivity index (χ3n) is 9.24. The van der Waals surface area contributed by atoms with Crippen molar-refractivity contribution in [2.45, 2.75) is 19.3 Å². The molecule has 0 unspecified atom stereocenters. The number of benzene rings is 6. The maximum atomic E-state index is 13.3. The number of hydrogen-bond acceptors (Lipinski definition) is 4. The number of para-hydroxylation sites is 4. The summed E-state index contributed by atoms with van der Waals surface area (Å²) in [6, 6.07) is 43.2. The van der Waals surface area contributed by atoms with E-state index < -0.39 is 0 Å². The lowest BCUT2D eigenvalue weighted by atomic mass is 9.72. The molecule has 0 N–H and O–H groups in total. The predicted molar refractivity (Wildman–Crippen MR) is 178 cm³/mol. The molecule has 0 atom stereocenters. The first kappa shape index (κ1) is 24.9. The summed E-state index contributed by atoms with van der Waals surface area (Å²) in [7, 11) is 0. The van der Waals surface area contributed by atoms with Crippen molar-refractivity contribution in [3.63, 3.8) is 0 Å². The van der Waals surface area contributed by atoms with Crippen molar-refractivity contribution >= 4 is 39.0 Å². The molecule has 4 nitrogen and oxygen atoms in total. The molecule has 7 aromatic rings. The zero-order chi connectivity index (χ0) is 29.6. The highest BCUT2D eigenvalue weighted by Crippen LogP contribution is 2.60. The fraction of sp³-hybridized carbons (Fsp3) is 0.0750. The number of anilines is 3. The van der Waals surface area contributed by atoms with Crippen LogP contribution in [0.1, 0.15) is 25.0 Å². The van der Waals surface area contributed by atoms with Crippen LogP contribution in [0.2, 0.25) is 0 Å². The number of fused-ring (bicyclic) bond motifs is 6. The van der Waals surface area contributed by atoms with E-state index in [4.69, 9.17) is 9.15 Å². The van der Waals surface area contributed by atoms with Gasteiger partial charge in [0.25, 0.3) is 0 Å². The predicted octanol–water partition coefficient (Wildman–Crippen LogP) is 10.5. The second-order valence-corrected chi connectivity index (χ2v) is 12.1. The Morgan fingerprint density at radius 3 is 2.11 bits per heavy atom. The van der Waals surface area contributed by atoms with Crippen LogP contribution in [-0.4, -0.2) is 0 Å². The average molecular weight is 570 g/mol. The Morgan fingerprint density at radius 2 is 1.23 bits per heavy atom. The SMILES string of the molecule is CC1(C)c2ccc(-c3cccc(-c4ccc5oc6ccccc6c(=O)c5c4)c3)cc2N2c3ccccc3Oc3cccc1c32. The van der Waals surface area contributed by atoms with E-state index in [0.717, 1.165) is 50.8 Å². The van der Waals surface area contributed by atoms with Crippen molar-refractivity contribution in [2.75, 3.05) is 4.90 Å². The lowest BCUT2D eigenvalue weighted by Gasteiger charge is -2.45. The number of nitrogens with zero attached hydrogens (tertiary/aromatic N) is 1. The van der Waals surface area contributed by atoms with Gasteiger partial charge in [-0.2, -0.15) is 0 Å². The third kappa shape index (κ3) is 3.48. The molecule has 0 spiro atoms. The summed E-state index contributed by atoms with van der Waals surface area (Å²) in [5.41, 5.74) is 11.1. The summed E-state index contributed by atoms with van der Waals surface area (Å²) in [5.74, 6) is 1.73. The standard InChI is InChI=1S/C40H27NO3/c1-40(2)30-19-17-27(23-33(30)41-32-13-4-6-15-36(32)44-37-16-8-12-31(40)38(37)41)25-10-7-9-24(21-25)26-18-20-35-29(22-26)39(42)28-11-3-5-14-34(28)43-35/h3-23H,1-2H3. The zero-order valence-corrected chi connectivity index (χ0v) is 24.3. The minimum atomic E-state index is -0.205. The van der Waals surface area contributed by atoms with Gasteiger partial charge < -0.3 is 14.1 Å². The van der Waals surface area contributed by atoms with Crippen LogP contribution in [0.15, 0.2) is 137 Å². The molecule has 0 bridgehead atoms. The molecule has 4 heteroatoms. The highest BCUT2D eigenvalue weighted by molar-refractivity contribution is 5.95. The summed E-state index contributed by atoms with van der Waals surface area (Å²) >= 11 is 0. The normalized spacial score (nSPS) is 14.1. The van der Waals surface area contributed by atoms with E-state index in [-0.39, 0.29) is 10.8 Å². The van der Waals surface area contributed by atoms with E-state index in [1.807, 2.05) is 54.6 Å². The molecule has 0 fully saturated rings. The Balaban J connectivity index is 1.19. The fourth-order valence-electron chi connectivity index (χ4n) is 6.99. The molecular weight excluding hydrogens is 542 g/mol. The molecule has 44 heavy (non-hydrogen) atoms. The first-order valence-electron chi connectivity index (χ1n) is 14.9. The van der Waals surface area contributed by atoms with Gasteiger partial charge in [0.1, 0.15) is 11.2 Å².